The average Bonchev–Trinajstić information content (AvgIpc) is 2.51. The Hall–Kier alpha value is -1.96. The van der Waals surface area contributed by atoms with Gasteiger partial charge in [-0.25, -0.2) is 0 Å². The Balaban J connectivity index is 2.40. The van der Waals surface area contributed by atoms with Crippen molar-refractivity contribution in [2.24, 2.45) is 0 Å². The van der Waals surface area contributed by atoms with E-state index in [0.717, 1.165) is 37.1 Å². The molecular weight excluding hydrogens is 256 g/mol. The molecule has 0 atom stereocenters. The number of benzene rings is 2. The summed E-state index contributed by atoms with van der Waals surface area (Å²) in [6.45, 7) is 4.47. The van der Waals surface area contributed by atoms with Gasteiger partial charge in [-0.3, -0.25) is 0 Å². The number of anilines is 3. The Bertz CT molecular complexity index is 551. The Morgan fingerprint density at radius 1 is 0.762 bits per heavy atom. The van der Waals surface area contributed by atoms with E-state index in [4.69, 9.17) is 0 Å². The monoisotopic (exact) mass is 282 g/mol. The molecule has 2 rings (SSSR count). The molecule has 0 heterocycles. The first-order valence-corrected chi connectivity index (χ1v) is 7.94. The predicted octanol–water partition coefficient (Wildman–Crippen LogP) is 5.38. The number of hydrogen-bond donors (Lipinski definition) is 2. The van der Waals surface area contributed by atoms with Gasteiger partial charge in [0.05, 0.1) is 11.4 Å². The molecule has 112 valence electrons. The van der Waals surface area contributed by atoms with Gasteiger partial charge in [-0.05, 0) is 36.1 Å². The van der Waals surface area contributed by atoms with Crippen LogP contribution in [0.2, 0.25) is 0 Å². The molecular formula is C19H26N2. The van der Waals surface area contributed by atoms with E-state index in [1.165, 1.54) is 16.8 Å². The molecule has 0 aliphatic heterocycles. The van der Waals surface area contributed by atoms with Gasteiger partial charge in [0.1, 0.15) is 0 Å². The van der Waals surface area contributed by atoms with Crippen LogP contribution in [0.25, 0.3) is 0 Å². The molecule has 2 aromatic rings. The lowest BCUT2D eigenvalue weighted by Gasteiger charge is -2.18. The molecule has 2 aromatic carbocycles. The lowest BCUT2D eigenvalue weighted by Crippen LogP contribution is -2.03. The summed E-state index contributed by atoms with van der Waals surface area (Å²) in [4.78, 5) is 0. The fraction of sp³-hybridized carbons (Fsp3) is 0.368. The van der Waals surface area contributed by atoms with Gasteiger partial charge in [-0.2, -0.15) is 0 Å². The first kappa shape index (κ1) is 15.4. The molecule has 0 unspecified atom stereocenters. The molecule has 0 saturated carbocycles. The van der Waals surface area contributed by atoms with Crippen molar-refractivity contribution in [3.8, 4) is 0 Å². The van der Waals surface area contributed by atoms with Crippen LogP contribution in [0.3, 0.4) is 0 Å². The molecule has 0 spiro atoms. The topological polar surface area (TPSA) is 24.1 Å². The summed E-state index contributed by atoms with van der Waals surface area (Å²) in [5, 5.41) is 6.92. The molecule has 0 amide bonds. The van der Waals surface area contributed by atoms with Crippen molar-refractivity contribution in [3.63, 3.8) is 0 Å². The summed E-state index contributed by atoms with van der Waals surface area (Å²) in [6.07, 6.45) is 4.55. The molecule has 0 fully saturated rings. The van der Waals surface area contributed by atoms with E-state index in [1.807, 2.05) is 7.05 Å². The summed E-state index contributed by atoms with van der Waals surface area (Å²) in [7, 11) is 1.96. The van der Waals surface area contributed by atoms with Crippen molar-refractivity contribution in [2.75, 3.05) is 17.7 Å². The third kappa shape index (κ3) is 3.78. The second-order valence-corrected chi connectivity index (χ2v) is 5.37. The molecule has 0 aromatic heterocycles. The lowest BCUT2D eigenvalue weighted by atomic mass is 10.00. The van der Waals surface area contributed by atoms with Crippen LogP contribution in [-0.2, 0) is 12.8 Å². The minimum absolute atomic E-state index is 1.11. The van der Waals surface area contributed by atoms with Crippen molar-refractivity contribution in [3.05, 3.63) is 53.6 Å². The summed E-state index contributed by atoms with van der Waals surface area (Å²) in [5.41, 5.74) is 6.39. The molecule has 0 radical (unpaired) electrons. The maximum Gasteiger partial charge on any atom is 0.0620 e. The van der Waals surface area contributed by atoms with Crippen molar-refractivity contribution in [1.29, 1.82) is 0 Å². The van der Waals surface area contributed by atoms with Crippen LogP contribution in [0.1, 0.15) is 37.8 Å². The second kappa shape index (κ2) is 7.72. The van der Waals surface area contributed by atoms with Gasteiger partial charge in [0.15, 0.2) is 0 Å². The van der Waals surface area contributed by atoms with Crippen LogP contribution in [-0.4, -0.2) is 7.05 Å². The van der Waals surface area contributed by atoms with E-state index < -0.39 is 0 Å². The predicted molar refractivity (Wildman–Crippen MR) is 93.7 cm³/mol. The zero-order chi connectivity index (χ0) is 15.1. The zero-order valence-corrected chi connectivity index (χ0v) is 13.4. The van der Waals surface area contributed by atoms with Gasteiger partial charge in [-0.15, -0.1) is 0 Å². The van der Waals surface area contributed by atoms with Crippen molar-refractivity contribution in [2.45, 2.75) is 39.5 Å². The lowest BCUT2D eigenvalue weighted by molar-refractivity contribution is 0.898. The van der Waals surface area contributed by atoms with Gasteiger partial charge < -0.3 is 10.6 Å². The molecule has 0 aliphatic carbocycles. The third-order valence-corrected chi connectivity index (χ3v) is 3.73. The number of nitrogens with one attached hydrogen (secondary N) is 2. The molecule has 2 heteroatoms. The Kier molecular flexibility index (Phi) is 5.68. The third-order valence-electron chi connectivity index (χ3n) is 3.73. The normalized spacial score (nSPS) is 10.4. The number of hydrogen-bond acceptors (Lipinski definition) is 2. The molecule has 0 aliphatic rings. The highest BCUT2D eigenvalue weighted by Crippen LogP contribution is 2.31. The quantitative estimate of drug-likeness (QED) is 0.712. The second-order valence-electron chi connectivity index (χ2n) is 5.37. The first-order chi connectivity index (χ1) is 10.3. The molecule has 21 heavy (non-hydrogen) atoms. The maximum absolute atomic E-state index is 3.67. The summed E-state index contributed by atoms with van der Waals surface area (Å²) >= 11 is 0. The number of para-hydroxylation sites is 3. The zero-order valence-electron chi connectivity index (χ0n) is 13.4. The molecule has 2 nitrogen and oxygen atoms in total. The maximum atomic E-state index is 3.67. The molecule has 0 bridgehead atoms. The first-order valence-electron chi connectivity index (χ1n) is 7.94. The molecule has 2 N–H and O–H groups in total. The van der Waals surface area contributed by atoms with Crippen LogP contribution in [0, 0.1) is 0 Å². The van der Waals surface area contributed by atoms with Crippen molar-refractivity contribution in [1.82, 2.24) is 0 Å². The summed E-state index contributed by atoms with van der Waals surface area (Å²) in [6, 6.07) is 15.0. The Morgan fingerprint density at radius 3 is 1.86 bits per heavy atom. The van der Waals surface area contributed by atoms with Crippen LogP contribution in [0.15, 0.2) is 42.5 Å². The SMILES string of the molecule is CCCc1cccc(CCC)c1Nc1ccccc1NC. The van der Waals surface area contributed by atoms with Crippen molar-refractivity contribution < 1.29 is 0 Å². The van der Waals surface area contributed by atoms with Gasteiger partial charge in [-0.1, -0.05) is 57.0 Å². The fourth-order valence-electron chi connectivity index (χ4n) is 2.71. The summed E-state index contributed by atoms with van der Waals surface area (Å²) < 4.78 is 0. The number of aryl methyl sites for hydroxylation is 2. The van der Waals surface area contributed by atoms with E-state index in [1.54, 1.807) is 0 Å². The fourth-order valence-corrected chi connectivity index (χ4v) is 2.71. The van der Waals surface area contributed by atoms with Crippen molar-refractivity contribution >= 4 is 17.1 Å². The minimum Gasteiger partial charge on any atom is -0.386 e. The van der Waals surface area contributed by atoms with Crippen LogP contribution < -0.4 is 10.6 Å². The largest absolute Gasteiger partial charge is 0.386 e. The van der Waals surface area contributed by atoms with Crippen LogP contribution in [0.4, 0.5) is 17.1 Å². The van der Waals surface area contributed by atoms with Crippen LogP contribution in [0.5, 0.6) is 0 Å². The van der Waals surface area contributed by atoms with E-state index in [-0.39, 0.29) is 0 Å². The van der Waals surface area contributed by atoms with Gasteiger partial charge in [0.25, 0.3) is 0 Å². The summed E-state index contributed by atoms with van der Waals surface area (Å²) in [5.74, 6) is 0. The van der Waals surface area contributed by atoms with Gasteiger partial charge in [0.2, 0.25) is 0 Å². The van der Waals surface area contributed by atoms with E-state index >= 15 is 0 Å². The highest BCUT2D eigenvalue weighted by Gasteiger charge is 2.09. The molecule has 0 saturated heterocycles. The number of rotatable bonds is 7. The van der Waals surface area contributed by atoms with E-state index in [0.29, 0.717) is 0 Å². The minimum atomic E-state index is 1.11. The Labute approximate surface area is 128 Å². The highest BCUT2D eigenvalue weighted by atomic mass is 14.9. The van der Waals surface area contributed by atoms with Crippen LogP contribution >= 0.6 is 0 Å². The standard InChI is InChI=1S/C19H26N2/c1-4-9-15-11-8-12-16(10-5-2)19(15)21-18-14-7-6-13-17(18)20-3/h6-8,11-14,20-21H,4-5,9-10H2,1-3H3. The van der Waals surface area contributed by atoms with Gasteiger partial charge in [0, 0.05) is 12.7 Å². The Morgan fingerprint density at radius 2 is 1.33 bits per heavy atom. The smallest absolute Gasteiger partial charge is 0.0620 e. The van der Waals surface area contributed by atoms with E-state index in [2.05, 4.69) is 66.9 Å². The average molecular weight is 282 g/mol. The van der Waals surface area contributed by atoms with Gasteiger partial charge >= 0.3 is 0 Å². The highest BCUT2D eigenvalue weighted by molar-refractivity contribution is 5.77. The van der Waals surface area contributed by atoms with E-state index in [9.17, 15) is 0 Å².